The SMILES string of the molecule is C[C@H](CSCCF)CC(=O)c1ccc(/C(F)=C/C(c2cc(Cl)c(Cl)c(Cl)c2)C(F)(F)F)cc1C(F)(F)F. The number of halogens is 11. The molecule has 2 aromatic rings. The summed E-state index contributed by atoms with van der Waals surface area (Å²) in [6, 6.07) is 3.47. The molecule has 0 spiro atoms. The summed E-state index contributed by atoms with van der Waals surface area (Å²) in [5, 5.41) is -0.874. The first-order chi connectivity index (χ1) is 17.1. The van der Waals surface area contributed by atoms with Crippen molar-refractivity contribution in [1.29, 1.82) is 0 Å². The summed E-state index contributed by atoms with van der Waals surface area (Å²) in [5.41, 5.74) is -3.61. The van der Waals surface area contributed by atoms with Gasteiger partial charge in [-0.25, -0.2) is 4.39 Å². The highest BCUT2D eigenvalue weighted by Crippen LogP contribution is 2.43. The molecule has 0 aliphatic heterocycles. The average molecular weight is 614 g/mol. The summed E-state index contributed by atoms with van der Waals surface area (Å²) in [6.45, 7) is 1.02. The molecule has 2 atom stereocenters. The minimum Gasteiger partial charge on any atom is -0.294 e. The second kappa shape index (κ2) is 13.0. The number of carbonyl (C=O) groups excluding carboxylic acids is 1. The summed E-state index contributed by atoms with van der Waals surface area (Å²) in [7, 11) is 0. The molecule has 0 aliphatic rings. The van der Waals surface area contributed by atoms with E-state index in [-0.39, 0.29) is 45.3 Å². The summed E-state index contributed by atoms with van der Waals surface area (Å²) < 4.78 is 110. The Morgan fingerprint density at radius 1 is 1.03 bits per heavy atom. The molecule has 0 aliphatic carbocycles. The second-order valence-corrected chi connectivity index (χ2v) is 10.4. The van der Waals surface area contributed by atoms with Crippen LogP contribution in [0.4, 0.5) is 35.1 Å². The fourth-order valence-electron chi connectivity index (χ4n) is 3.37. The first kappa shape index (κ1) is 31.7. The molecule has 1 unspecified atom stereocenters. The van der Waals surface area contributed by atoms with E-state index in [4.69, 9.17) is 34.8 Å². The topological polar surface area (TPSA) is 17.1 Å². The molecule has 204 valence electrons. The van der Waals surface area contributed by atoms with Gasteiger partial charge in [0.05, 0.1) is 27.3 Å². The van der Waals surface area contributed by atoms with Gasteiger partial charge >= 0.3 is 12.4 Å². The maximum Gasteiger partial charge on any atom is 0.417 e. The molecule has 0 N–H and O–H groups in total. The number of thioether (sulfide) groups is 1. The van der Waals surface area contributed by atoms with Crippen molar-refractivity contribution in [3.8, 4) is 0 Å². The maximum atomic E-state index is 14.9. The highest BCUT2D eigenvalue weighted by molar-refractivity contribution is 7.99. The standard InChI is InChI=1S/C24H19Cl3F8OS/c1-12(11-37-5-4-28)6-21(36)15-3-2-13(7-17(15)24(33,34)35)20(29)10-16(23(30,31)32)14-8-18(25)22(27)19(26)9-14/h2-3,7-10,12,16H,4-6,11H2,1H3/b20-10-/t12-,16?/m0/s1. The summed E-state index contributed by atoms with van der Waals surface area (Å²) >= 11 is 18.5. The van der Waals surface area contributed by atoms with Crippen LogP contribution in [0.25, 0.3) is 5.83 Å². The van der Waals surface area contributed by atoms with Crippen LogP contribution in [0.2, 0.25) is 15.1 Å². The maximum absolute atomic E-state index is 14.9. The van der Waals surface area contributed by atoms with E-state index in [2.05, 4.69) is 0 Å². The van der Waals surface area contributed by atoms with E-state index in [1.807, 2.05) is 0 Å². The zero-order valence-electron chi connectivity index (χ0n) is 18.9. The van der Waals surface area contributed by atoms with E-state index in [1.54, 1.807) is 6.92 Å². The molecular formula is C24H19Cl3F8OS. The fraction of sp³-hybridized carbons (Fsp3) is 0.375. The number of hydrogen-bond acceptors (Lipinski definition) is 2. The normalized spacial score (nSPS) is 14.5. The second-order valence-electron chi connectivity index (χ2n) is 8.09. The highest BCUT2D eigenvalue weighted by atomic mass is 35.5. The van der Waals surface area contributed by atoms with Crippen LogP contribution in [0.5, 0.6) is 0 Å². The molecule has 0 fully saturated rings. The molecule has 0 radical (unpaired) electrons. The van der Waals surface area contributed by atoms with Gasteiger partial charge in [0.1, 0.15) is 11.7 Å². The van der Waals surface area contributed by atoms with Gasteiger partial charge in [-0.05, 0) is 41.5 Å². The third-order valence-electron chi connectivity index (χ3n) is 5.09. The van der Waals surface area contributed by atoms with Gasteiger partial charge in [-0.1, -0.05) is 53.9 Å². The number of ketones is 1. The Bertz CT molecular complexity index is 1120. The molecule has 2 rings (SSSR count). The predicted octanol–water partition coefficient (Wildman–Crippen LogP) is 10.2. The van der Waals surface area contributed by atoms with Gasteiger partial charge in [-0.15, -0.1) is 0 Å². The molecule has 37 heavy (non-hydrogen) atoms. The lowest BCUT2D eigenvalue weighted by Gasteiger charge is -2.19. The Hall–Kier alpha value is -1.49. The molecule has 13 heteroatoms. The monoisotopic (exact) mass is 612 g/mol. The van der Waals surface area contributed by atoms with Crippen molar-refractivity contribution in [2.75, 3.05) is 18.2 Å². The van der Waals surface area contributed by atoms with E-state index >= 15 is 0 Å². The summed E-state index contributed by atoms with van der Waals surface area (Å²) in [4.78, 5) is 12.5. The Morgan fingerprint density at radius 2 is 1.62 bits per heavy atom. The number of allylic oxidation sites excluding steroid dienone is 1. The Labute approximate surface area is 227 Å². The molecule has 0 aromatic heterocycles. The van der Waals surface area contributed by atoms with Crippen LogP contribution < -0.4 is 0 Å². The van der Waals surface area contributed by atoms with Crippen LogP contribution >= 0.6 is 46.6 Å². The van der Waals surface area contributed by atoms with Crippen LogP contribution in [-0.4, -0.2) is 30.1 Å². The quantitative estimate of drug-likeness (QED) is 0.115. The van der Waals surface area contributed by atoms with Gasteiger partial charge in [-0.2, -0.15) is 38.1 Å². The van der Waals surface area contributed by atoms with Gasteiger partial charge in [0, 0.05) is 23.3 Å². The molecule has 0 saturated heterocycles. The van der Waals surface area contributed by atoms with Crippen LogP contribution in [-0.2, 0) is 6.18 Å². The molecule has 0 bridgehead atoms. The van der Waals surface area contributed by atoms with Gasteiger partial charge in [0.15, 0.2) is 5.78 Å². The minimum atomic E-state index is -5.09. The third-order valence-corrected chi connectivity index (χ3v) is 7.53. The minimum absolute atomic E-state index is 0.0943. The lowest BCUT2D eigenvalue weighted by atomic mass is 9.93. The van der Waals surface area contributed by atoms with Crippen LogP contribution in [0.15, 0.2) is 36.4 Å². The van der Waals surface area contributed by atoms with Crippen LogP contribution in [0, 0.1) is 5.92 Å². The van der Waals surface area contributed by atoms with Crippen molar-refractivity contribution in [3.05, 3.63) is 73.7 Å². The number of carbonyl (C=O) groups is 1. The average Bonchev–Trinajstić information content (AvgIpc) is 2.78. The van der Waals surface area contributed by atoms with Crippen molar-refractivity contribution < 1.29 is 39.9 Å². The van der Waals surface area contributed by atoms with Crippen molar-refractivity contribution in [3.63, 3.8) is 0 Å². The molecule has 1 nitrogen and oxygen atoms in total. The molecule has 0 amide bonds. The molecule has 0 heterocycles. The van der Waals surface area contributed by atoms with E-state index in [0.29, 0.717) is 5.75 Å². The summed E-state index contributed by atoms with van der Waals surface area (Å²) in [5.74, 6) is -4.95. The Balaban J connectivity index is 2.47. The zero-order valence-corrected chi connectivity index (χ0v) is 22.0. The number of hydrogen-bond donors (Lipinski definition) is 0. The van der Waals surface area contributed by atoms with Gasteiger partial charge < -0.3 is 0 Å². The zero-order chi connectivity index (χ0) is 28.1. The first-order valence-corrected chi connectivity index (χ1v) is 12.8. The molecule has 0 saturated carbocycles. The Kier molecular flexibility index (Phi) is 11.2. The smallest absolute Gasteiger partial charge is 0.294 e. The number of benzene rings is 2. The van der Waals surface area contributed by atoms with Crippen LogP contribution in [0.3, 0.4) is 0 Å². The first-order valence-electron chi connectivity index (χ1n) is 10.5. The van der Waals surface area contributed by atoms with Gasteiger partial charge in [-0.3, -0.25) is 9.18 Å². The van der Waals surface area contributed by atoms with Crippen molar-refractivity contribution in [2.24, 2.45) is 5.92 Å². The number of alkyl halides is 7. The lowest BCUT2D eigenvalue weighted by molar-refractivity contribution is -0.140. The molecule has 2 aromatic carbocycles. The van der Waals surface area contributed by atoms with Crippen molar-refractivity contribution >= 4 is 58.2 Å². The van der Waals surface area contributed by atoms with Crippen molar-refractivity contribution in [1.82, 2.24) is 0 Å². The van der Waals surface area contributed by atoms with Gasteiger partial charge in [0.2, 0.25) is 0 Å². The number of rotatable bonds is 10. The van der Waals surface area contributed by atoms with Crippen LogP contribution in [0.1, 0.15) is 46.3 Å². The highest BCUT2D eigenvalue weighted by Gasteiger charge is 2.41. The summed E-state index contributed by atoms with van der Waals surface area (Å²) in [6.07, 6.45) is -10.3. The largest absolute Gasteiger partial charge is 0.417 e. The lowest BCUT2D eigenvalue weighted by Crippen LogP contribution is -2.19. The van der Waals surface area contributed by atoms with E-state index in [0.717, 1.165) is 24.3 Å². The van der Waals surface area contributed by atoms with Crippen molar-refractivity contribution in [2.45, 2.75) is 31.6 Å². The third kappa shape index (κ3) is 8.76. The van der Waals surface area contributed by atoms with E-state index < -0.39 is 58.8 Å². The molecular weight excluding hydrogens is 595 g/mol. The van der Waals surface area contributed by atoms with E-state index in [1.165, 1.54) is 11.8 Å². The van der Waals surface area contributed by atoms with Gasteiger partial charge in [0.25, 0.3) is 0 Å². The fourth-order valence-corrected chi connectivity index (χ4v) is 4.78. The van der Waals surface area contributed by atoms with E-state index in [9.17, 15) is 39.9 Å². The Morgan fingerprint density at radius 3 is 2.14 bits per heavy atom. The number of Topliss-reactive ketones (excluding diaryl/α,β-unsaturated/α-hetero) is 1. The predicted molar refractivity (Wildman–Crippen MR) is 132 cm³/mol.